The molecule has 4 nitrogen and oxygen atoms in total. The van der Waals surface area contributed by atoms with Crippen molar-refractivity contribution >= 4 is 21.4 Å². The van der Waals surface area contributed by atoms with Crippen LogP contribution in [0.15, 0.2) is 46.7 Å². The van der Waals surface area contributed by atoms with Crippen molar-refractivity contribution in [1.29, 1.82) is 0 Å². The summed E-state index contributed by atoms with van der Waals surface area (Å²) in [5.41, 5.74) is 1.00. The van der Waals surface area contributed by atoms with E-state index in [4.69, 9.17) is 0 Å². The zero-order valence-corrected chi connectivity index (χ0v) is 13.2. The second-order valence-electron chi connectivity index (χ2n) is 5.21. The van der Waals surface area contributed by atoms with Crippen molar-refractivity contribution in [3.63, 3.8) is 0 Å². The number of thiophene rings is 1. The van der Waals surface area contributed by atoms with E-state index in [9.17, 15) is 8.42 Å². The van der Waals surface area contributed by atoms with Gasteiger partial charge in [0, 0.05) is 24.0 Å². The van der Waals surface area contributed by atoms with E-state index in [1.807, 2.05) is 23.6 Å². The van der Waals surface area contributed by atoms with E-state index in [-0.39, 0.29) is 0 Å². The van der Waals surface area contributed by atoms with Crippen LogP contribution in [0, 0.1) is 0 Å². The molecule has 6 heteroatoms. The second kappa shape index (κ2) is 6.27. The van der Waals surface area contributed by atoms with Crippen LogP contribution < -0.4 is 10.0 Å². The Balaban J connectivity index is 1.67. The van der Waals surface area contributed by atoms with Crippen LogP contribution in [-0.4, -0.2) is 14.5 Å². The Morgan fingerprint density at radius 3 is 2.71 bits per heavy atom. The van der Waals surface area contributed by atoms with Gasteiger partial charge in [0.2, 0.25) is 10.0 Å². The van der Waals surface area contributed by atoms with Crippen molar-refractivity contribution in [3.05, 3.63) is 52.2 Å². The molecular weight excluding hydrogens is 304 g/mol. The van der Waals surface area contributed by atoms with E-state index in [1.54, 1.807) is 29.5 Å². The smallest absolute Gasteiger partial charge is 0.240 e. The quantitative estimate of drug-likeness (QED) is 0.823. The highest BCUT2D eigenvalue weighted by molar-refractivity contribution is 7.89. The maximum atomic E-state index is 12.3. The summed E-state index contributed by atoms with van der Waals surface area (Å²) in [7, 11) is -3.45. The Hall–Kier alpha value is -1.21. The summed E-state index contributed by atoms with van der Waals surface area (Å²) in [6.45, 7) is 1.06. The number of nitrogens with one attached hydrogen (secondary N) is 2. The van der Waals surface area contributed by atoms with Crippen LogP contribution in [0.5, 0.6) is 0 Å². The van der Waals surface area contributed by atoms with Gasteiger partial charge in [0.1, 0.15) is 0 Å². The monoisotopic (exact) mass is 322 g/mol. The number of benzene rings is 1. The molecule has 0 bridgehead atoms. The highest BCUT2D eigenvalue weighted by Crippen LogP contribution is 2.20. The first kappa shape index (κ1) is 14.7. The normalized spacial score (nSPS) is 15.2. The lowest BCUT2D eigenvalue weighted by Crippen LogP contribution is -2.23. The molecule has 1 aromatic carbocycles. The fourth-order valence-electron chi connectivity index (χ4n) is 2.03. The Bertz CT molecular complexity index is 692. The van der Waals surface area contributed by atoms with Gasteiger partial charge < -0.3 is 5.32 Å². The van der Waals surface area contributed by atoms with Crippen molar-refractivity contribution in [2.24, 2.45) is 0 Å². The van der Waals surface area contributed by atoms with Crippen molar-refractivity contribution in [2.45, 2.75) is 36.9 Å². The first-order valence-electron chi connectivity index (χ1n) is 6.98. The molecule has 1 aliphatic carbocycles. The Labute approximate surface area is 129 Å². The summed E-state index contributed by atoms with van der Waals surface area (Å²) < 4.78 is 27.3. The van der Waals surface area contributed by atoms with Gasteiger partial charge >= 0.3 is 0 Å². The lowest BCUT2D eigenvalue weighted by atomic mass is 10.2. The van der Waals surface area contributed by atoms with Crippen LogP contribution in [0.25, 0.3) is 0 Å². The third-order valence-electron chi connectivity index (χ3n) is 3.40. The van der Waals surface area contributed by atoms with E-state index >= 15 is 0 Å². The van der Waals surface area contributed by atoms with E-state index in [0.717, 1.165) is 17.0 Å². The number of rotatable bonds is 7. The van der Waals surface area contributed by atoms with E-state index < -0.39 is 10.0 Å². The molecule has 0 saturated heterocycles. The van der Waals surface area contributed by atoms with Gasteiger partial charge in [-0.3, -0.25) is 0 Å². The maximum absolute atomic E-state index is 12.3. The molecule has 0 radical (unpaired) electrons. The van der Waals surface area contributed by atoms with Crippen LogP contribution in [0.3, 0.4) is 0 Å². The molecule has 0 amide bonds. The molecule has 1 fully saturated rings. The first-order chi connectivity index (χ1) is 10.1. The van der Waals surface area contributed by atoms with Gasteiger partial charge in [-0.25, -0.2) is 13.1 Å². The zero-order chi connectivity index (χ0) is 14.7. The van der Waals surface area contributed by atoms with Crippen LogP contribution in [0.2, 0.25) is 0 Å². The van der Waals surface area contributed by atoms with Crippen LogP contribution >= 0.6 is 11.3 Å². The van der Waals surface area contributed by atoms with Gasteiger partial charge in [-0.15, -0.1) is 11.3 Å². The molecule has 0 aliphatic heterocycles. The van der Waals surface area contributed by atoms with Gasteiger partial charge in [-0.05, 0) is 42.0 Å². The fourth-order valence-corrected chi connectivity index (χ4v) is 3.85. The van der Waals surface area contributed by atoms with E-state index in [2.05, 4.69) is 10.0 Å². The predicted octanol–water partition coefficient (Wildman–Crippen LogP) is 2.48. The molecule has 1 heterocycles. The summed E-state index contributed by atoms with van der Waals surface area (Å²) in [6, 6.07) is 11.6. The SMILES string of the molecule is O=S(=O)(NCc1cccs1)c1cccc(CNC2CC2)c1. The Morgan fingerprint density at radius 1 is 1.14 bits per heavy atom. The lowest BCUT2D eigenvalue weighted by Gasteiger charge is -2.08. The summed E-state index contributed by atoms with van der Waals surface area (Å²) in [5.74, 6) is 0. The molecule has 2 aromatic rings. The van der Waals surface area contributed by atoms with Crippen LogP contribution in [-0.2, 0) is 23.1 Å². The number of sulfonamides is 1. The topological polar surface area (TPSA) is 58.2 Å². The summed E-state index contributed by atoms with van der Waals surface area (Å²) in [4.78, 5) is 1.33. The van der Waals surface area contributed by atoms with Gasteiger partial charge in [-0.2, -0.15) is 0 Å². The van der Waals surface area contributed by atoms with E-state index in [0.29, 0.717) is 17.5 Å². The average molecular weight is 322 g/mol. The van der Waals surface area contributed by atoms with Gasteiger partial charge in [0.25, 0.3) is 0 Å². The maximum Gasteiger partial charge on any atom is 0.240 e. The number of hydrogen-bond donors (Lipinski definition) is 2. The third kappa shape index (κ3) is 4.14. The standard InChI is InChI=1S/C15H18N2O2S2/c18-21(19,17-11-14-4-2-8-20-14)15-5-1-3-12(9-15)10-16-13-6-7-13/h1-5,8-9,13,16-17H,6-7,10-11H2. The largest absolute Gasteiger partial charge is 0.310 e. The summed E-state index contributed by atoms with van der Waals surface area (Å²) >= 11 is 1.54. The summed E-state index contributed by atoms with van der Waals surface area (Å²) in [5, 5.41) is 5.33. The first-order valence-corrected chi connectivity index (χ1v) is 9.34. The fraction of sp³-hybridized carbons (Fsp3) is 0.333. The molecule has 0 atom stereocenters. The van der Waals surface area contributed by atoms with Gasteiger partial charge in [0.15, 0.2) is 0 Å². The van der Waals surface area contributed by atoms with Crippen LogP contribution in [0.1, 0.15) is 23.3 Å². The highest BCUT2D eigenvalue weighted by atomic mass is 32.2. The molecule has 3 rings (SSSR count). The van der Waals surface area contributed by atoms with Crippen molar-refractivity contribution < 1.29 is 8.42 Å². The molecule has 1 saturated carbocycles. The minimum atomic E-state index is -3.45. The second-order valence-corrected chi connectivity index (χ2v) is 8.01. The zero-order valence-electron chi connectivity index (χ0n) is 11.6. The van der Waals surface area contributed by atoms with Crippen LogP contribution in [0.4, 0.5) is 0 Å². The molecule has 0 spiro atoms. The molecule has 2 N–H and O–H groups in total. The Kier molecular flexibility index (Phi) is 4.40. The Morgan fingerprint density at radius 2 is 2.00 bits per heavy atom. The van der Waals surface area contributed by atoms with Crippen molar-refractivity contribution in [3.8, 4) is 0 Å². The lowest BCUT2D eigenvalue weighted by molar-refractivity contribution is 0.581. The molecule has 112 valence electrons. The number of hydrogen-bond acceptors (Lipinski definition) is 4. The van der Waals surface area contributed by atoms with Gasteiger partial charge in [0.05, 0.1) is 4.90 Å². The predicted molar refractivity (Wildman–Crippen MR) is 84.6 cm³/mol. The molecule has 1 aromatic heterocycles. The van der Waals surface area contributed by atoms with E-state index in [1.165, 1.54) is 12.8 Å². The third-order valence-corrected chi connectivity index (χ3v) is 5.67. The average Bonchev–Trinajstić information content (AvgIpc) is 3.17. The highest BCUT2D eigenvalue weighted by Gasteiger charge is 2.20. The summed E-state index contributed by atoms with van der Waals surface area (Å²) in [6.07, 6.45) is 2.45. The minimum Gasteiger partial charge on any atom is -0.310 e. The van der Waals surface area contributed by atoms with Crippen molar-refractivity contribution in [2.75, 3.05) is 0 Å². The molecule has 21 heavy (non-hydrogen) atoms. The minimum absolute atomic E-state index is 0.328. The molecular formula is C15H18N2O2S2. The van der Waals surface area contributed by atoms with Crippen molar-refractivity contribution in [1.82, 2.24) is 10.0 Å². The molecule has 0 unspecified atom stereocenters. The molecule has 1 aliphatic rings. The van der Waals surface area contributed by atoms with Gasteiger partial charge in [-0.1, -0.05) is 18.2 Å².